The molecule has 1 aromatic heterocycles. The summed E-state index contributed by atoms with van der Waals surface area (Å²) in [4.78, 5) is 8.50. The molecule has 3 N–H and O–H groups in total. The van der Waals surface area contributed by atoms with Crippen molar-refractivity contribution in [3.05, 3.63) is 23.8 Å². The van der Waals surface area contributed by atoms with Crippen molar-refractivity contribution in [3.8, 4) is 0 Å². The van der Waals surface area contributed by atoms with Gasteiger partial charge in [0.2, 0.25) is 0 Å². The molecule has 1 heterocycles. The topological polar surface area (TPSA) is 72.0 Å². The van der Waals surface area contributed by atoms with Gasteiger partial charge in [0, 0.05) is 18.2 Å². The van der Waals surface area contributed by atoms with Gasteiger partial charge in [0.1, 0.15) is 11.9 Å². The lowest BCUT2D eigenvalue weighted by atomic mass is 9.62. The number of nitrogens with zero attached hydrogens (tertiary/aromatic N) is 2. The second-order valence-electron chi connectivity index (χ2n) is 7.64. The average Bonchev–Trinajstić information content (AvgIpc) is 2.45. The van der Waals surface area contributed by atoms with Crippen LogP contribution in [0.5, 0.6) is 0 Å². The maximum Gasteiger partial charge on any atom is 0.125 e. The highest BCUT2D eigenvalue weighted by Crippen LogP contribution is 2.50. The van der Waals surface area contributed by atoms with E-state index in [1.54, 1.807) is 6.20 Å². The molecule has 0 aliphatic heterocycles. The predicted molar refractivity (Wildman–Crippen MR) is 84.6 cm³/mol. The molecule has 2 rings (SSSR count). The van der Waals surface area contributed by atoms with E-state index in [1.165, 1.54) is 0 Å². The number of aliphatic hydroxyl groups is 1. The van der Waals surface area contributed by atoms with E-state index in [4.69, 9.17) is 5.73 Å². The van der Waals surface area contributed by atoms with Crippen LogP contribution in [0.2, 0.25) is 0 Å². The smallest absolute Gasteiger partial charge is 0.125 e. The molecule has 0 saturated heterocycles. The molecule has 4 nitrogen and oxygen atoms in total. The highest BCUT2D eigenvalue weighted by Gasteiger charge is 2.43. The molecule has 1 atom stereocenters. The quantitative estimate of drug-likeness (QED) is 0.898. The van der Waals surface area contributed by atoms with Crippen molar-refractivity contribution in [2.75, 3.05) is 6.54 Å². The minimum atomic E-state index is -0.592. The van der Waals surface area contributed by atoms with Crippen molar-refractivity contribution >= 4 is 0 Å². The van der Waals surface area contributed by atoms with Crippen LogP contribution in [0.15, 0.2) is 12.3 Å². The number of hydrogen-bond acceptors (Lipinski definition) is 4. The minimum Gasteiger partial charge on any atom is -0.386 e. The van der Waals surface area contributed by atoms with Crippen LogP contribution in [0.3, 0.4) is 0 Å². The Hall–Kier alpha value is -1.00. The van der Waals surface area contributed by atoms with Crippen molar-refractivity contribution in [2.45, 2.75) is 59.5 Å². The summed E-state index contributed by atoms with van der Waals surface area (Å²) in [6.07, 6.45) is 5.31. The van der Waals surface area contributed by atoms with E-state index in [0.717, 1.165) is 25.7 Å². The highest BCUT2D eigenvalue weighted by molar-refractivity contribution is 5.11. The van der Waals surface area contributed by atoms with Crippen LogP contribution in [-0.2, 0) is 0 Å². The van der Waals surface area contributed by atoms with E-state index in [1.807, 2.05) is 13.0 Å². The maximum atomic E-state index is 10.8. The van der Waals surface area contributed by atoms with E-state index in [9.17, 15) is 5.11 Å². The number of aliphatic hydroxyl groups excluding tert-OH is 1. The lowest BCUT2D eigenvalue weighted by molar-refractivity contribution is -0.0258. The first-order valence-electron chi connectivity index (χ1n) is 7.96. The lowest BCUT2D eigenvalue weighted by Crippen LogP contribution is -2.42. The standard InChI is InChI=1S/C17H29N3O/c1-12-19-10-7-14(20-12)15(21)17(11-18)8-5-13(6-9-17)16(2,3)4/h7,10,13,15,21H,5-6,8-9,11,18H2,1-4H3. The van der Waals surface area contributed by atoms with Gasteiger partial charge in [-0.2, -0.15) is 0 Å². The monoisotopic (exact) mass is 291 g/mol. The first kappa shape index (κ1) is 16.4. The second kappa shape index (κ2) is 6.01. The van der Waals surface area contributed by atoms with E-state index in [0.29, 0.717) is 29.4 Å². The van der Waals surface area contributed by atoms with E-state index in [2.05, 4.69) is 30.7 Å². The molecule has 0 bridgehead atoms. The fraction of sp³-hybridized carbons (Fsp3) is 0.765. The van der Waals surface area contributed by atoms with Crippen molar-refractivity contribution in [2.24, 2.45) is 22.5 Å². The molecular weight excluding hydrogens is 262 g/mol. The van der Waals surface area contributed by atoms with E-state index >= 15 is 0 Å². The molecule has 1 aliphatic carbocycles. The molecule has 0 spiro atoms. The van der Waals surface area contributed by atoms with Crippen LogP contribution in [-0.4, -0.2) is 21.6 Å². The van der Waals surface area contributed by atoms with Crippen LogP contribution < -0.4 is 5.73 Å². The Bertz CT molecular complexity index is 473. The molecule has 1 saturated carbocycles. The second-order valence-corrected chi connectivity index (χ2v) is 7.64. The van der Waals surface area contributed by atoms with Crippen LogP contribution in [0.1, 0.15) is 64.1 Å². The normalized spacial score (nSPS) is 28.4. The van der Waals surface area contributed by atoms with Gasteiger partial charge in [-0.15, -0.1) is 0 Å². The van der Waals surface area contributed by atoms with Crippen molar-refractivity contribution < 1.29 is 5.11 Å². The third kappa shape index (κ3) is 3.43. The summed E-state index contributed by atoms with van der Waals surface area (Å²) < 4.78 is 0. The van der Waals surface area contributed by atoms with Gasteiger partial charge in [-0.3, -0.25) is 0 Å². The Kier molecular flexibility index (Phi) is 4.69. The SMILES string of the molecule is Cc1nccc(C(O)C2(CN)CCC(C(C)(C)C)CC2)n1. The van der Waals surface area contributed by atoms with Gasteiger partial charge in [0.25, 0.3) is 0 Å². The van der Waals surface area contributed by atoms with Gasteiger partial charge < -0.3 is 10.8 Å². The van der Waals surface area contributed by atoms with Crippen LogP contribution in [0.4, 0.5) is 0 Å². The summed E-state index contributed by atoms with van der Waals surface area (Å²) in [5.41, 5.74) is 6.87. The molecule has 4 heteroatoms. The molecular formula is C17H29N3O. The van der Waals surface area contributed by atoms with E-state index < -0.39 is 6.10 Å². The van der Waals surface area contributed by atoms with E-state index in [-0.39, 0.29) is 5.41 Å². The molecule has 1 aromatic rings. The number of hydrogen-bond donors (Lipinski definition) is 2. The summed E-state index contributed by atoms with van der Waals surface area (Å²) in [6.45, 7) is 9.27. The van der Waals surface area contributed by atoms with Crippen molar-refractivity contribution in [1.82, 2.24) is 9.97 Å². The number of aryl methyl sites for hydroxylation is 1. The van der Waals surface area contributed by atoms with Crippen LogP contribution in [0.25, 0.3) is 0 Å². The van der Waals surface area contributed by atoms with Gasteiger partial charge in [-0.25, -0.2) is 9.97 Å². The Labute approximate surface area is 128 Å². The molecule has 0 amide bonds. The maximum absolute atomic E-state index is 10.8. The first-order chi connectivity index (χ1) is 9.78. The van der Waals surface area contributed by atoms with Gasteiger partial charge >= 0.3 is 0 Å². The zero-order chi connectivity index (χ0) is 15.7. The third-order valence-corrected chi connectivity index (χ3v) is 5.27. The Morgan fingerprint density at radius 2 is 2.00 bits per heavy atom. The molecule has 1 fully saturated rings. The fourth-order valence-electron chi connectivity index (χ4n) is 3.59. The summed E-state index contributed by atoms with van der Waals surface area (Å²) in [7, 11) is 0. The number of aromatic nitrogens is 2. The van der Waals surface area contributed by atoms with Crippen LogP contribution in [0, 0.1) is 23.7 Å². The largest absolute Gasteiger partial charge is 0.386 e. The Morgan fingerprint density at radius 1 is 1.38 bits per heavy atom. The molecule has 0 radical (unpaired) electrons. The number of nitrogens with two attached hydrogens (primary N) is 1. The van der Waals surface area contributed by atoms with Crippen molar-refractivity contribution in [1.29, 1.82) is 0 Å². The molecule has 118 valence electrons. The average molecular weight is 291 g/mol. The zero-order valence-electron chi connectivity index (χ0n) is 13.8. The summed E-state index contributed by atoms with van der Waals surface area (Å²) in [6, 6.07) is 1.81. The fourth-order valence-corrected chi connectivity index (χ4v) is 3.59. The van der Waals surface area contributed by atoms with Gasteiger partial charge in [0.05, 0.1) is 5.69 Å². The molecule has 1 aliphatic rings. The summed E-state index contributed by atoms with van der Waals surface area (Å²) >= 11 is 0. The number of rotatable bonds is 3. The van der Waals surface area contributed by atoms with Gasteiger partial charge in [0.15, 0.2) is 0 Å². The Balaban J connectivity index is 2.16. The highest BCUT2D eigenvalue weighted by atomic mass is 16.3. The Morgan fingerprint density at radius 3 is 2.48 bits per heavy atom. The minimum absolute atomic E-state index is 0.234. The van der Waals surface area contributed by atoms with Crippen molar-refractivity contribution in [3.63, 3.8) is 0 Å². The van der Waals surface area contributed by atoms with Gasteiger partial charge in [-0.05, 0) is 50.0 Å². The molecule has 1 unspecified atom stereocenters. The lowest BCUT2D eigenvalue weighted by Gasteiger charge is -2.45. The van der Waals surface area contributed by atoms with Crippen LogP contribution >= 0.6 is 0 Å². The summed E-state index contributed by atoms with van der Waals surface area (Å²) in [5.74, 6) is 1.40. The summed E-state index contributed by atoms with van der Waals surface area (Å²) in [5, 5.41) is 10.8. The first-order valence-corrected chi connectivity index (χ1v) is 7.96. The predicted octanol–water partition coefficient (Wildman–Crippen LogP) is 3.00. The zero-order valence-corrected chi connectivity index (χ0v) is 13.8. The van der Waals surface area contributed by atoms with Gasteiger partial charge in [-0.1, -0.05) is 20.8 Å². The molecule has 0 aromatic carbocycles. The third-order valence-electron chi connectivity index (χ3n) is 5.27. The molecule has 21 heavy (non-hydrogen) atoms.